The molecule has 1 aromatic carbocycles. The second kappa shape index (κ2) is 7.75. The number of aryl methyl sites for hydroxylation is 1. The maximum Gasteiger partial charge on any atom is 0.368 e. The predicted octanol–water partition coefficient (Wildman–Crippen LogP) is 1.91. The molecule has 0 aliphatic carbocycles. The number of benzene rings is 1. The normalized spacial score (nSPS) is 11.6. The van der Waals surface area contributed by atoms with Gasteiger partial charge < -0.3 is 9.05 Å². The summed E-state index contributed by atoms with van der Waals surface area (Å²) < 4.78 is 25.9. The van der Waals surface area contributed by atoms with Crippen LogP contribution in [0, 0.1) is 0 Å². The van der Waals surface area contributed by atoms with Gasteiger partial charge >= 0.3 is 13.3 Å². The fourth-order valence-electron chi connectivity index (χ4n) is 2.32. The summed E-state index contributed by atoms with van der Waals surface area (Å²) in [6.45, 7) is 5.64. The SMILES string of the molecule is CCOP(=O)(OCC)c1cn(CC)c(=O)n(-c2ccccc2)c1=O. The van der Waals surface area contributed by atoms with Gasteiger partial charge in [0.05, 0.1) is 18.9 Å². The van der Waals surface area contributed by atoms with E-state index in [4.69, 9.17) is 9.05 Å². The molecule has 8 heteroatoms. The van der Waals surface area contributed by atoms with Crippen LogP contribution in [0.15, 0.2) is 46.1 Å². The quantitative estimate of drug-likeness (QED) is 0.711. The van der Waals surface area contributed by atoms with E-state index in [2.05, 4.69) is 0 Å². The molecule has 0 aliphatic heterocycles. The highest BCUT2D eigenvalue weighted by atomic mass is 31.2. The summed E-state index contributed by atoms with van der Waals surface area (Å²) in [5.41, 5.74) is -0.797. The van der Waals surface area contributed by atoms with E-state index in [1.807, 2.05) is 0 Å². The van der Waals surface area contributed by atoms with Crippen molar-refractivity contribution in [2.75, 3.05) is 13.2 Å². The first-order valence-corrected chi connectivity index (χ1v) is 9.34. The second-order valence-corrected chi connectivity index (χ2v) is 6.89. The zero-order chi connectivity index (χ0) is 17.7. The van der Waals surface area contributed by atoms with Crippen LogP contribution in [0.5, 0.6) is 0 Å². The van der Waals surface area contributed by atoms with E-state index in [0.29, 0.717) is 12.2 Å². The standard InChI is InChI=1S/C16H21N2O5P/c1-4-17-12-14(24(21,22-5-2)23-6-3)15(19)18(16(17)20)13-10-8-7-9-11-13/h7-12H,4-6H2,1-3H3. The zero-order valence-corrected chi connectivity index (χ0v) is 14.9. The van der Waals surface area contributed by atoms with Crippen LogP contribution >= 0.6 is 7.60 Å². The van der Waals surface area contributed by atoms with Gasteiger partial charge in [-0.3, -0.25) is 13.9 Å². The van der Waals surface area contributed by atoms with Gasteiger partial charge in [0.15, 0.2) is 0 Å². The Bertz CT molecular complexity index is 847. The fraction of sp³-hybridized carbons (Fsp3) is 0.375. The first-order chi connectivity index (χ1) is 11.5. The second-order valence-electron chi connectivity index (χ2n) is 4.89. The van der Waals surface area contributed by atoms with Crippen molar-refractivity contribution in [3.8, 4) is 5.69 Å². The van der Waals surface area contributed by atoms with Gasteiger partial charge in [0.25, 0.3) is 5.56 Å². The minimum Gasteiger partial charge on any atom is -0.305 e. The summed E-state index contributed by atoms with van der Waals surface area (Å²) in [4.78, 5) is 25.4. The third-order valence-corrected chi connectivity index (χ3v) is 5.48. The molecular weight excluding hydrogens is 331 g/mol. The molecule has 2 rings (SSSR count). The number of hydrogen-bond acceptors (Lipinski definition) is 5. The Kier molecular flexibility index (Phi) is 5.94. The summed E-state index contributed by atoms with van der Waals surface area (Å²) >= 11 is 0. The minimum absolute atomic E-state index is 0.118. The molecule has 0 atom stereocenters. The van der Waals surface area contributed by atoms with Gasteiger partial charge in [-0.1, -0.05) is 18.2 Å². The van der Waals surface area contributed by atoms with Crippen molar-refractivity contribution in [2.45, 2.75) is 27.3 Å². The lowest BCUT2D eigenvalue weighted by atomic mass is 10.3. The van der Waals surface area contributed by atoms with Gasteiger partial charge in [0, 0.05) is 12.7 Å². The van der Waals surface area contributed by atoms with Crippen molar-refractivity contribution in [1.82, 2.24) is 9.13 Å². The van der Waals surface area contributed by atoms with Crippen molar-refractivity contribution in [3.63, 3.8) is 0 Å². The molecule has 7 nitrogen and oxygen atoms in total. The summed E-state index contributed by atoms with van der Waals surface area (Å²) in [6.07, 6.45) is 1.27. The molecular formula is C16H21N2O5P. The largest absolute Gasteiger partial charge is 0.368 e. The lowest BCUT2D eigenvalue weighted by molar-refractivity contribution is 0.229. The van der Waals surface area contributed by atoms with Gasteiger partial charge in [-0.05, 0) is 32.9 Å². The topological polar surface area (TPSA) is 79.5 Å². The van der Waals surface area contributed by atoms with Gasteiger partial charge in [0.2, 0.25) is 0 Å². The van der Waals surface area contributed by atoms with Crippen molar-refractivity contribution >= 4 is 12.9 Å². The highest BCUT2D eigenvalue weighted by Gasteiger charge is 2.32. The van der Waals surface area contributed by atoms with Gasteiger partial charge in [0.1, 0.15) is 5.30 Å². The molecule has 0 bridgehead atoms. The molecule has 0 spiro atoms. The number of nitrogens with zero attached hydrogens (tertiary/aromatic N) is 2. The van der Waals surface area contributed by atoms with Crippen LogP contribution in [0.1, 0.15) is 20.8 Å². The highest BCUT2D eigenvalue weighted by Crippen LogP contribution is 2.45. The average Bonchev–Trinajstić information content (AvgIpc) is 2.56. The lowest BCUT2D eigenvalue weighted by Crippen LogP contribution is -2.46. The summed E-state index contributed by atoms with van der Waals surface area (Å²) in [7, 11) is -3.81. The van der Waals surface area contributed by atoms with E-state index < -0.39 is 18.8 Å². The maximum absolute atomic E-state index is 13.0. The smallest absolute Gasteiger partial charge is 0.305 e. The van der Waals surface area contributed by atoms with E-state index in [1.165, 1.54) is 10.8 Å². The van der Waals surface area contributed by atoms with Crippen LogP contribution in [-0.4, -0.2) is 22.3 Å². The van der Waals surface area contributed by atoms with E-state index in [9.17, 15) is 14.2 Å². The van der Waals surface area contributed by atoms with Crippen molar-refractivity contribution in [3.05, 3.63) is 57.4 Å². The summed E-state index contributed by atoms with van der Waals surface area (Å²) in [5, 5.41) is -0.142. The summed E-state index contributed by atoms with van der Waals surface area (Å²) in [5.74, 6) is 0. The molecule has 24 heavy (non-hydrogen) atoms. The highest BCUT2D eigenvalue weighted by molar-refractivity contribution is 7.62. The molecule has 2 aromatic rings. The predicted molar refractivity (Wildman–Crippen MR) is 92.5 cm³/mol. The minimum atomic E-state index is -3.81. The van der Waals surface area contributed by atoms with Crippen molar-refractivity contribution in [2.24, 2.45) is 0 Å². The summed E-state index contributed by atoms with van der Waals surface area (Å²) in [6, 6.07) is 8.49. The Morgan fingerprint density at radius 2 is 1.58 bits per heavy atom. The number of hydrogen-bond donors (Lipinski definition) is 0. The Labute approximate surface area is 140 Å². The van der Waals surface area contributed by atoms with Gasteiger partial charge in [-0.2, -0.15) is 0 Å². The third kappa shape index (κ3) is 3.43. The Morgan fingerprint density at radius 1 is 1.00 bits per heavy atom. The molecule has 1 heterocycles. The molecule has 0 saturated carbocycles. The molecule has 1 aromatic heterocycles. The van der Waals surface area contributed by atoms with Crippen LogP contribution in [0.25, 0.3) is 5.69 Å². The first kappa shape index (κ1) is 18.4. The van der Waals surface area contributed by atoms with Gasteiger partial charge in [-0.15, -0.1) is 0 Å². The Morgan fingerprint density at radius 3 is 2.08 bits per heavy atom. The molecule has 0 unspecified atom stereocenters. The molecule has 0 amide bonds. The van der Waals surface area contributed by atoms with E-state index in [0.717, 1.165) is 4.57 Å². The molecule has 130 valence electrons. The Hall–Kier alpha value is -1.95. The molecule has 0 aliphatic rings. The van der Waals surface area contributed by atoms with Crippen LogP contribution in [0.2, 0.25) is 0 Å². The fourth-order valence-corrected chi connectivity index (χ4v) is 3.97. The number of aromatic nitrogens is 2. The monoisotopic (exact) mass is 352 g/mol. The van der Waals surface area contributed by atoms with Crippen molar-refractivity contribution in [1.29, 1.82) is 0 Å². The first-order valence-electron chi connectivity index (χ1n) is 7.80. The van der Waals surface area contributed by atoms with Crippen LogP contribution in [0.3, 0.4) is 0 Å². The average molecular weight is 352 g/mol. The molecule has 0 N–H and O–H groups in total. The van der Waals surface area contributed by atoms with E-state index in [-0.39, 0.29) is 18.5 Å². The van der Waals surface area contributed by atoms with Crippen molar-refractivity contribution < 1.29 is 13.6 Å². The van der Waals surface area contributed by atoms with E-state index in [1.54, 1.807) is 51.1 Å². The lowest BCUT2D eigenvalue weighted by Gasteiger charge is -2.19. The molecule has 0 fully saturated rings. The molecule has 0 saturated heterocycles. The maximum atomic E-state index is 13.0. The number of rotatable bonds is 7. The zero-order valence-electron chi connectivity index (χ0n) is 14.0. The Balaban J connectivity index is 2.82. The third-order valence-electron chi connectivity index (χ3n) is 3.39. The number of para-hydroxylation sites is 1. The molecule has 0 radical (unpaired) electrons. The van der Waals surface area contributed by atoms with Crippen LogP contribution < -0.4 is 16.6 Å². The van der Waals surface area contributed by atoms with Gasteiger partial charge in [-0.25, -0.2) is 9.36 Å². The van der Waals surface area contributed by atoms with Crippen LogP contribution in [0.4, 0.5) is 0 Å². The van der Waals surface area contributed by atoms with Crippen LogP contribution in [-0.2, 0) is 20.2 Å². The van der Waals surface area contributed by atoms with E-state index >= 15 is 0 Å².